The Morgan fingerprint density at radius 1 is 1.12 bits per heavy atom. The number of pyridine rings is 1. The fourth-order valence-corrected chi connectivity index (χ4v) is 2.53. The van der Waals surface area contributed by atoms with E-state index in [1.807, 2.05) is 59.3 Å². The zero-order valence-corrected chi connectivity index (χ0v) is 12.8. The lowest BCUT2D eigenvalue weighted by molar-refractivity contribution is 0.102. The van der Waals surface area contributed by atoms with Crippen LogP contribution in [0.25, 0.3) is 5.65 Å². The third-order valence-electron chi connectivity index (χ3n) is 3.74. The molecule has 3 heterocycles. The van der Waals surface area contributed by atoms with Crippen molar-refractivity contribution in [2.45, 2.75) is 6.54 Å². The quantitative estimate of drug-likeness (QED) is 0.629. The minimum Gasteiger partial charge on any atom is -0.322 e. The number of amides is 1. The summed E-state index contributed by atoms with van der Waals surface area (Å²) in [7, 11) is 0. The molecule has 0 bridgehead atoms. The Kier molecular flexibility index (Phi) is 3.55. The third-order valence-corrected chi connectivity index (χ3v) is 3.74. The van der Waals surface area contributed by atoms with Gasteiger partial charge in [-0.2, -0.15) is 5.10 Å². The summed E-state index contributed by atoms with van der Waals surface area (Å²) < 4.78 is 3.63. The predicted octanol–water partition coefficient (Wildman–Crippen LogP) is 2.83. The van der Waals surface area contributed by atoms with Crippen LogP contribution in [0.1, 0.15) is 15.9 Å². The fourth-order valence-electron chi connectivity index (χ4n) is 2.53. The molecule has 3 aromatic heterocycles. The Hall–Kier alpha value is -3.41. The molecule has 0 unspecified atom stereocenters. The van der Waals surface area contributed by atoms with Gasteiger partial charge in [0.05, 0.1) is 18.3 Å². The van der Waals surface area contributed by atoms with Gasteiger partial charge in [0.25, 0.3) is 5.91 Å². The Labute approximate surface area is 138 Å². The van der Waals surface area contributed by atoms with Gasteiger partial charge in [-0.05, 0) is 11.6 Å². The van der Waals surface area contributed by atoms with Crippen molar-refractivity contribution in [2.24, 2.45) is 0 Å². The molecule has 24 heavy (non-hydrogen) atoms. The van der Waals surface area contributed by atoms with E-state index in [0.29, 0.717) is 17.8 Å². The van der Waals surface area contributed by atoms with Crippen LogP contribution in [0.5, 0.6) is 0 Å². The second-order valence-electron chi connectivity index (χ2n) is 5.47. The van der Waals surface area contributed by atoms with Gasteiger partial charge >= 0.3 is 0 Å². The van der Waals surface area contributed by atoms with Crippen LogP contribution in [-0.2, 0) is 6.54 Å². The van der Waals surface area contributed by atoms with E-state index in [-0.39, 0.29) is 5.91 Å². The summed E-state index contributed by atoms with van der Waals surface area (Å²) in [6, 6.07) is 13.7. The number of carbonyl (C=O) groups excluding carboxylic acids is 1. The molecule has 4 rings (SSSR count). The molecule has 0 aliphatic rings. The van der Waals surface area contributed by atoms with E-state index in [9.17, 15) is 4.79 Å². The molecule has 118 valence electrons. The first-order valence-electron chi connectivity index (χ1n) is 7.58. The average molecular weight is 317 g/mol. The van der Waals surface area contributed by atoms with E-state index in [1.54, 1.807) is 23.3 Å². The van der Waals surface area contributed by atoms with Crippen LogP contribution >= 0.6 is 0 Å². The van der Waals surface area contributed by atoms with Crippen LogP contribution in [0, 0.1) is 0 Å². The SMILES string of the molecule is O=C(Nc1ccn2ccnc2c1)c1cnn(Cc2ccccc2)c1. The molecule has 0 aliphatic heterocycles. The maximum atomic E-state index is 12.4. The van der Waals surface area contributed by atoms with Gasteiger partial charge in [0.1, 0.15) is 5.65 Å². The minimum atomic E-state index is -0.190. The molecule has 0 spiro atoms. The maximum Gasteiger partial charge on any atom is 0.258 e. The molecule has 0 aliphatic carbocycles. The standard InChI is InChI=1S/C18H15N5O/c24-18(21-16-6-8-22-9-7-19-17(22)10-16)15-11-20-23(13-15)12-14-4-2-1-3-5-14/h1-11,13H,12H2,(H,21,24). The maximum absolute atomic E-state index is 12.4. The van der Waals surface area contributed by atoms with Crippen molar-refractivity contribution in [1.82, 2.24) is 19.2 Å². The molecule has 4 aromatic rings. The number of rotatable bonds is 4. The highest BCUT2D eigenvalue weighted by molar-refractivity contribution is 6.04. The number of nitrogens with zero attached hydrogens (tertiary/aromatic N) is 4. The van der Waals surface area contributed by atoms with Gasteiger partial charge < -0.3 is 9.72 Å². The highest BCUT2D eigenvalue weighted by Gasteiger charge is 2.10. The normalized spacial score (nSPS) is 10.8. The average Bonchev–Trinajstić information content (AvgIpc) is 3.24. The Morgan fingerprint density at radius 3 is 2.88 bits per heavy atom. The predicted molar refractivity (Wildman–Crippen MR) is 90.9 cm³/mol. The molecular formula is C18H15N5O. The summed E-state index contributed by atoms with van der Waals surface area (Å²) in [6.45, 7) is 0.633. The molecule has 0 saturated carbocycles. The molecular weight excluding hydrogens is 302 g/mol. The van der Waals surface area contributed by atoms with Gasteiger partial charge in [-0.1, -0.05) is 30.3 Å². The first kappa shape index (κ1) is 14.2. The van der Waals surface area contributed by atoms with E-state index in [0.717, 1.165) is 11.2 Å². The lowest BCUT2D eigenvalue weighted by atomic mass is 10.2. The molecule has 6 nitrogen and oxygen atoms in total. The summed E-state index contributed by atoms with van der Waals surface area (Å²) in [5, 5.41) is 7.13. The van der Waals surface area contributed by atoms with Crippen molar-refractivity contribution in [3.05, 3.63) is 84.6 Å². The van der Waals surface area contributed by atoms with Gasteiger partial charge in [0.2, 0.25) is 0 Å². The van der Waals surface area contributed by atoms with E-state index < -0.39 is 0 Å². The number of imidazole rings is 1. The van der Waals surface area contributed by atoms with Gasteiger partial charge in [-0.15, -0.1) is 0 Å². The van der Waals surface area contributed by atoms with Crippen LogP contribution < -0.4 is 5.32 Å². The molecule has 1 N–H and O–H groups in total. The first-order valence-corrected chi connectivity index (χ1v) is 7.58. The van der Waals surface area contributed by atoms with Crippen molar-refractivity contribution < 1.29 is 4.79 Å². The number of aromatic nitrogens is 4. The van der Waals surface area contributed by atoms with Crippen molar-refractivity contribution in [1.29, 1.82) is 0 Å². The molecule has 0 atom stereocenters. The highest BCUT2D eigenvalue weighted by atomic mass is 16.1. The van der Waals surface area contributed by atoms with Crippen LogP contribution in [0.15, 0.2) is 73.4 Å². The van der Waals surface area contributed by atoms with Gasteiger partial charge in [-0.3, -0.25) is 9.48 Å². The lowest BCUT2D eigenvalue weighted by Crippen LogP contribution is -2.11. The molecule has 1 amide bonds. The summed E-state index contributed by atoms with van der Waals surface area (Å²) in [5.41, 5.74) is 3.15. The number of fused-ring (bicyclic) bond motifs is 1. The Balaban J connectivity index is 1.48. The van der Waals surface area contributed by atoms with Crippen LogP contribution in [0.2, 0.25) is 0 Å². The van der Waals surface area contributed by atoms with E-state index in [1.165, 1.54) is 0 Å². The molecule has 0 saturated heterocycles. The first-order chi connectivity index (χ1) is 11.8. The largest absolute Gasteiger partial charge is 0.322 e. The van der Waals surface area contributed by atoms with Crippen molar-refractivity contribution >= 4 is 17.2 Å². The van der Waals surface area contributed by atoms with Crippen LogP contribution in [0.4, 0.5) is 5.69 Å². The summed E-state index contributed by atoms with van der Waals surface area (Å²) >= 11 is 0. The minimum absolute atomic E-state index is 0.190. The number of nitrogens with one attached hydrogen (secondary N) is 1. The van der Waals surface area contributed by atoms with E-state index >= 15 is 0 Å². The Bertz CT molecular complexity index is 987. The zero-order chi connectivity index (χ0) is 16.4. The molecule has 0 radical (unpaired) electrons. The second-order valence-corrected chi connectivity index (χ2v) is 5.47. The molecule has 1 aromatic carbocycles. The summed E-state index contributed by atoms with van der Waals surface area (Å²) in [5.74, 6) is -0.190. The van der Waals surface area contributed by atoms with Crippen molar-refractivity contribution in [2.75, 3.05) is 5.32 Å². The van der Waals surface area contributed by atoms with Gasteiger partial charge in [-0.25, -0.2) is 4.98 Å². The Morgan fingerprint density at radius 2 is 2.00 bits per heavy atom. The summed E-state index contributed by atoms with van der Waals surface area (Å²) in [6.07, 6.45) is 8.75. The molecule has 6 heteroatoms. The third kappa shape index (κ3) is 2.89. The number of benzene rings is 1. The van der Waals surface area contributed by atoms with Crippen LogP contribution in [0.3, 0.4) is 0 Å². The monoisotopic (exact) mass is 317 g/mol. The summed E-state index contributed by atoms with van der Waals surface area (Å²) in [4.78, 5) is 16.6. The highest BCUT2D eigenvalue weighted by Crippen LogP contribution is 2.12. The lowest BCUT2D eigenvalue weighted by Gasteiger charge is -2.04. The fraction of sp³-hybridized carbons (Fsp3) is 0.0556. The van der Waals surface area contributed by atoms with Gasteiger partial charge in [0.15, 0.2) is 0 Å². The smallest absolute Gasteiger partial charge is 0.258 e. The number of carbonyl (C=O) groups is 1. The van der Waals surface area contributed by atoms with Crippen molar-refractivity contribution in [3.63, 3.8) is 0 Å². The number of hydrogen-bond donors (Lipinski definition) is 1. The van der Waals surface area contributed by atoms with E-state index in [2.05, 4.69) is 15.4 Å². The number of anilines is 1. The van der Waals surface area contributed by atoms with Crippen LogP contribution in [-0.4, -0.2) is 25.1 Å². The zero-order valence-electron chi connectivity index (χ0n) is 12.8. The number of hydrogen-bond acceptors (Lipinski definition) is 3. The van der Waals surface area contributed by atoms with E-state index in [4.69, 9.17) is 0 Å². The topological polar surface area (TPSA) is 64.2 Å². The second kappa shape index (κ2) is 6.00. The van der Waals surface area contributed by atoms with Crippen molar-refractivity contribution in [3.8, 4) is 0 Å². The van der Waals surface area contributed by atoms with Gasteiger partial charge in [0, 0.05) is 36.5 Å². The molecule has 0 fully saturated rings.